The molecule has 1 aromatic heterocycles. The standard InChI is InChI=1S/C16H18ClN5O3.ClH/c17-14-4-2-1-3-13(14)15-10-18-6-8-21(15)16(23)5-7-20-11-12(9-19-20)22(24)25;/h1-4,9,11,15,18H,5-8,10H2;1H. The number of hydrogen-bond acceptors (Lipinski definition) is 5. The van der Waals surface area contributed by atoms with Crippen LogP contribution in [-0.4, -0.2) is 45.1 Å². The van der Waals surface area contributed by atoms with Crippen molar-refractivity contribution in [3.63, 3.8) is 0 Å². The highest BCUT2D eigenvalue weighted by atomic mass is 35.5. The summed E-state index contributed by atoms with van der Waals surface area (Å²) in [6.45, 7) is 2.25. The maximum atomic E-state index is 12.7. The molecular formula is C16H19Cl2N5O3. The Morgan fingerprint density at radius 3 is 2.88 bits per heavy atom. The summed E-state index contributed by atoms with van der Waals surface area (Å²) >= 11 is 6.29. The lowest BCUT2D eigenvalue weighted by molar-refractivity contribution is -0.385. The van der Waals surface area contributed by atoms with Crippen molar-refractivity contribution in [3.8, 4) is 0 Å². The Morgan fingerprint density at radius 2 is 2.19 bits per heavy atom. The number of aryl methyl sites for hydroxylation is 1. The highest BCUT2D eigenvalue weighted by Crippen LogP contribution is 2.29. The van der Waals surface area contributed by atoms with Gasteiger partial charge in [-0.1, -0.05) is 29.8 Å². The number of piperazine rings is 1. The summed E-state index contributed by atoms with van der Waals surface area (Å²) < 4.78 is 1.42. The highest BCUT2D eigenvalue weighted by molar-refractivity contribution is 6.31. The summed E-state index contributed by atoms with van der Waals surface area (Å²) in [5, 5.41) is 18.5. The van der Waals surface area contributed by atoms with Crippen LogP contribution in [0, 0.1) is 10.1 Å². The number of nitro groups is 1. The number of carbonyl (C=O) groups is 1. The summed E-state index contributed by atoms with van der Waals surface area (Å²) in [6.07, 6.45) is 2.73. The number of halogens is 2. The van der Waals surface area contributed by atoms with Gasteiger partial charge in [0.15, 0.2) is 0 Å². The van der Waals surface area contributed by atoms with E-state index in [2.05, 4.69) is 10.4 Å². The summed E-state index contributed by atoms with van der Waals surface area (Å²) in [7, 11) is 0. The van der Waals surface area contributed by atoms with E-state index < -0.39 is 4.92 Å². The minimum Gasteiger partial charge on any atom is -0.333 e. The molecule has 1 aliphatic heterocycles. The fraction of sp³-hybridized carbons (Fsp3) is 0.375. The minimum absolute atomic E-state index is 0. The van der Waals surface area contributed by atoms with Crippen LogP contribution in [-0.2, 0) is 11.3 Å². The third-order valence-corrected chi connectivity index (χ3v) is 4.56. The van der Waals surface area contributed by atoms with Gasteiger partial charge in [0, 0.05) is 37.6 Å². The zero-order valence-electron chi connectivity index (χ0n) is 13.9. The summed E-state index contributed by atoms with van der Waals surface area (Å²) in [6, 6.07) is 7.39. The molecule has 140 valence electrons. The molecule has 1 saturated heterocycles. The molecule has 1 fully saturated rings. The molecule has 1 amide bonds. The molecule has 26 heavy (non-hydrogen) atoms. The summed E-state index contributed by atoms with van der Waals surface area (Å²) in [5.74, 6) is -0.0235. The minimum atomic E-state index is -0.505. The van der Waals surface area contributed by atoms with Crippen molar-refractivity contribution in [2.24, 2.45) is 0 Å². The maximum Gasteiger partial charge on any atom is 0.306 e. The third kappa shape index (κ3) is 4.51. The van der Waals surface area contributed by atoms with Crippen molar-refractivity contribution in [2.75, 3.05) is 19.6 Å². The van der Waals surface area contributed by atoms with E-state index in [9.17, 15) is 14.9 Å². The predicted molar refractivity (Wildman–Crippen MR) is 99.5 cm³/mol. The first kappa shape index (κ1) is 20.2. The first-order chi connectivity index (χ1) is 12.1. The number of benzene rings is 1. The van der Waals surface area contributed by atoms with Crippen molar-refractivity contribution < 1.29 is 9.72 Å². The Hall–Kier alpha value is -2.16. The topological polar surface area (TPSA) is 93.3 Å². The van der Waals surface area contributed by atoms with Gasteiger partial charge in [0.1, 0.15) is 12.4 Å². The largest absolute Gasteiger partial charge is 0.333 e. The lowest BCUT2D eigenvalue weighted by Crippen LogP contribution is -2.49. The molecule has 0 aliphatic carbocycles. The molecule has 1 N–H and O–H groups in total. The first-order valence-corrected chi connectivity index (χ1v) is 8.35. The average molecular weight is 400 g/mol. The molecule has 0 saturated carbocycles. The van der Waals surface area contributed by atoms with Gasteiger partial charge in [-0.2, -0.15) is 5.10 Å². The normalized spacial score (nSPS) is 16.8. The van der Waals surface area contributed by atoms with E-state index in [4.69, 9.17) is 11.6 Å². The molecule has 0 spiro atoms. The van der Waals surface area contributed by atoms with Crippen LogP contribution < -0.4 is 5.32 Å². The fourth-order valence-corrected chi connectivity index (χ4v) is 3.21. The smallest absolute Gasteiger partial charge is 0.306 e. The van der Waals surface area contributed by atoms with Gasteiger partial charge in [-0.3, -0.25) is 19.6 Å². The van der Waals surface area contributed by atoms with E-state index in [0.29, 0.717) is 24.7 Å². The molecule has 1 aliphatic rings. The van der Waals surface area contributed by atoms with E-state index in [1.165, 1.54) is 17.1 Å². The molecule has 0 radical (unpaired) electrons. The number of hydrogen-bond donors (Lipinski definition) is 1. The number of rotatable bonds is 5. The van der Waals surface area contributed by atoms with Gasteiger partial charge < -0.3 is 10.2 Å². The number of aromatic nitrogens is 2. The number of amides is 1. The van der Waals surface area contributed by atoms with E-state index in [0.717, 1.165) is 12.1 Å². The van der Waals surface area contributed by atoms with Crippen LogP contribution in [0.25, 0.3) is 0 Å². The SMILES string of the molecule is Cl.O=C(CCn1cc([N+](=O)[O-])cn1)N1CCNCC1c1ccccc1Cl. The van der Waals surface area contributed by atoms with E-state index in [1.807, 2.05) is 29.2 Å². The van der Waals surface area contributed by atoms with Gasteiger partial charge >= 0.3 is 5.69 Å². The molecule has 10 heteroatoms. The Balaban J connectivity index is 0.00000243. The molecule has 1 unspecified atom stereocenters. The molecule has 0 bridgehead atoms. The number of nitrogens with zero attached hydrogens (tertiary/aromatic N) is 4. The second-order valence-corrected chi connectivity index (χ2v) is 6.20. The molecule has 2 heterocycles. The van der Waals surface area contributed by atoms with Crippen LogP contribution in [0.2, 0.25) is 5.02 Å². The molecule has 1 aromatic carbocycles. The van der Waals surface area contributed by atoms with Crippen molar-refractivity contribution in [3.05, 3.63) is 57.4 Å². The zero-order valence-corrected chi connectivity index (χ0v) is 15.4. The van der Waals surface area contributed by atoms with Crippen LogP contribution in [0.5, 0.6) is 0 Å². The Morgan fingerprint density at radius 1 is 1.42 bits per heavy atom. The summed E-state index contributed by atoms with van der Waals surface area (Å²) in [4.78, 5) is 24.7. The zero-order chi connectivity index (χ0) is 17.8. The van der Waals surface area contributed by atoms with Gasteiger partial charge in [-0.25, -0.2) is 0 Å². The van der Waals surface area contributed by atoms with Crippen molar-refractivity contribution in [1.82, 2.24) is 20.0 Å². The van der Waals surface area contributed by atoms with Crippen LogP contribution in [0.1, 0.15) is 18.0 Å². The van der Waals surface area contributed by atoms with E-state index >= 15 is 0 Å². The van der Waals surface area contributed by atoms with Gasteiger partial charge in [0.2, 0.25) is 5.91 Å². The van der Waals surface area contributed by atoms with Gasteiger partial charge in [-0.15, -0.1) is 12.4 Å². The Kier molecular flexibility index (Phi) is 6.96. The number of nitrogens with one attached hydrogen (secondary N) is 1. The summed E-state index contributed by atoms with van der Waals surface area (Å²) in [5.41, 5.74) is 0.836. The van der Waals surface area contributed by atoms with E-state index in [-0.39, 0.29) is 36.5 Å². The molecule has 2 aromatic rings. The lowest BCUT2D eigenvalue weighted by atomic mass is 10.0. The highest BCUT2D eigenvalue weighted by Gasteiger charge is 2.28. The molecule has 3 rings (SSSR count). The van der Waals surface area contributed by atoms with Gasteiger partial charge in [0.25, 0.3) is 0 Å². The second kappa shape index (κ2) is 8.98. The Labute approximate surface area is 161 Å². The van der Waals surface area contributed by atoms with Crippen LogP contribution in [0.4, 0.5) is 5.69 Å². The molecular weight excluding hydrogens is 381 g/mol. The fourth-order valence-electron chi connectivity index (χ4n) is 2.95. The van der Waals surface area contributed by atoms with Crippen LogP contribution in [0.15, 0.2) is 36.7 Å². The molecule has 1 atom stereocenters. The predicted octanol–water partition coefficient (Wildman–Crippen LogP) is 2.43. The second-order valence-electron chi connectivity index (χ2n) is 5.80. The first-order valence-electron chi connectivity index (χ1n) is 7.97. The maximum absolute atomic E-state index is 12.7. The Bertz CT molecular complexity index is 783. The number of carbonyl (C=O) groups excluding carboxylic acids is 1. The molecule has 8 nitrogen and oxygen atoms in total. The van der Waals surface area contributed by atoms with Gasteiger partial charge in [-0.05, 0) is 11.6 Å². The monoisotopic (exact) mass is 399 g/mol. The third-order valence-electron chi connectivity index (χ3n) is 4.21. The van der Waals surface area contributed by atoms with Crippen molar-refractivity contribution in [2.45, 2.75) is 19.0 Å². The van der Waals surface area contributed by atoms with Crippen molar-refractivity contribution >= 4 is 35.6 Å². The lowest BCUT2D eigenvalue weighted by Gasteiger charge is -2.37. The van der Waals surface area contributed by atoms with Crippen LogP contribution >= 0.6 is 24.0 Å². The average Bonchev–Trinajstić information content (AvgIpc) is 3.09. The van der Waals surface area contributed by atoms with Crippen LogP contribution in [0.3, 0.4) is 0 Å². The van der Waals surface area contributed by atoms with E-state index in [1.54, 1.807) is 0 Å². The quantitative estimate of drug-likeness (QED) is 0.615. The van der Waals surface area contributed by atoms with Crippen molar-refractivity contribution in [1.29, 1.82) is 0 Å². The van der Waals surface area contributed by atoms with Gasteiger partial charge in [0.05, 0.1) is 11.0 Å².